The normalized spacial score (nSPS) is 20.2. The van der Waals surface area contributed by atoms with E-state index in [0.717, 1.165) is 45.3 Å². The lowest BCUT2D eigenvalue weighted by Crippen LogP contribution is -2.56. The second kappa shape index (κ2) is 13.5. The molecule has 3 aliphatic rings. The monoisotopic (exact) mass is 720 g/mol. The SMILES string of the molecule is CCc1c(F)ccc2cc(OCOC)cc(-c3ncc4c(N5CCC[C@]6(CCO6)C5)nc(OCC5(CO[Si](C)(C)C(C)(C)C)CC5)nc4c3F)c12. The Morgan fingerprint density at radius 1 is 1.02 bits per heavy atom. The Kier molecular flexibility index (Phi) is 9.52. The van der Waals surface area contributed by atoms with Crippen molar-refractivity contribution < 1.29 is 32.2 Å². The summed E-state index contributed by atoms with van der Waals surface area (Å²) >= 11 is 0. The van der Waals surface area contributed by atoms with Gasteiger partial charge < -0.3 is 28.3 Å². The van der Waals surface area contributed by atoms with Gasteiger partial charge in [0.2, 0.25) is 0 Å². The minimum Gasteiger partial charge on any atom is -0.468 e. The molecule has 12 heteroatoms. The van der Waals surface area contributed by atoms with Gasteiger partial charge in [0, 0.05) is 50.4 Å². The van der Waals surface area contributed by atoms with Crippen molar-refractivity contribution in [2.45, 2.75) is 90.0 Å². The zero-order valence-electron chi connectivity index (χ0n) is 31.0. The van der Waals surface area contributed by atoms with Crippen LogP contribution in [0.2, 0.25) is 18.1 Å². The minimum atomic E-state index is -1.95. The first-order valence-electron chi connectivity index (χ1n) is 18.2. The van der Waals surface area contributed by atoms with Gasteiger partial charge in [-0.3, -0.25) is 4.98 Å². The molecule has 7 rings (SSSR count). The Labute approximate surface area is 300 Å². The molecule has 1 aliphatic carbocycles. The van der Waals surface area contributed by atoms with Crippen molar-refractivity contribution in [1.29, 1.82) is 0 Å². The molecule has 0 bridgehead atoms. The van der Waals surface area contributed by atoms with Crippen LogP contribution in [-0.4, -0.2) is 75.7 Å². The van der Waals surface area contributed by atoms with Gasteiger partial charge in [-0.05, 0) is 84.8 Å². The van der Waals surface area contributed by atoms with Crippen LogP contribution in [0.3, 0.4) is 0 Å². The van der Waals surface area contributed by atoms with Crippen LogP contribution in [0.1, 0.15) is 65.4 Å². The average molecular weight is 721 g/mol. The molecule has 4 heterocycles. The van der Waals surface area contributed by atoms with Crippen LogP contribution >= 0.6 is 0 Å². The Balaban J connectivity index is 1.31. The number of benzene rings is 2. The van der Waals surface area contributed by atoms with E-state index in [2.05, 4.69) is 38.8 Å². The van der Waals surface area contributed by atoms with Gasteiger partial charge in [-0.2, -0.15) is 9.97 Å². The van der Waals surface area contributed by atoms with Crippen LogP contribution in [0.4, 0.5) is 14.6 Å². The number of halogens is 2. The molecule has 2 aliphatic heterocycles. The zero-order valence-corrected chi connectivity index (χ0v) is 32.0. The molecule has 2 saturated heterocycles. The fraction of sp³-hybridized carbons (Fsp3) is 0.564. The molecule has 0 unspecified atom stereocenters. The van der Waals surface area contributed by atoms with E-state index < -0.39 is 14.1 Å². The Morgan fingerprint density at radius 2 is 1.80 bits per heavy atom. The van der Waals surface area contributed by atoms with Crippen molar-refractivity contribution in [3.63, 3.8) is 0 Å². The molecule has 4 aromatic rings. The van der Waals surface area contributed by atoms with Crippen LogP contribution in [0, 0.1) is 17.0 Å². The van der Waals surface area contributed by atoms with Crippen molar-refractivity contribution in [2.24, 2.45) is 5.41 Å². The zero-order chi connectivity index (χ0) is 36.2. The number of anilines is 1. The van der Waals surface area contributed by atoms with E-state index in [1.165, 1.54) is 13.2 Å². The van der Waals surface area contributed by atoms with Crippen LogP contribution in [0.25, 0.3) is 32.9 Å². The highest BCUT2D eigenvalue weighted by atomic mass is 28.4. The number of piperidine rings is 1. The van der Waals surface area contributed by atoms with E-state index in [1.807, 2.05) is 6.92 Å². The number of aromatic nitrogens is 3. The molecule has 1 atom stereocenters. The number of nitrogens with zero attached hydrogens (tertiary/aromatic N) is 4. The quantitative estimate of drug-likeness (QED) is 0.105. The van der Waals surface area contributed by atoms with Crippen molar-refractivity contribution in [1.82, 2.24) is 15.0 Å². The van der Waals surface area contributed by atoms with Gasteiger partial charge in [0.15, 0.2) is 20.9 Å². The summed E-state index contributed by atoms with van der Waals surface area (Å²) in [5.41, 5.74) is 0.698. The maximum atomic E-state index is 17.2. The lowest BCUT2D eigenvalue weighted by atomic mass is 9.86. The Bertz CT molecular complexity index is 1940. The summed E-state index contributed by atoms with van der Waals surface area (Å²) in [7, 11) is -0.422. The second-order valence-electron chi connectivity index (χ2n) is 16.2. The van der Waals surface area contributed by atoms with Gasteiger partial charge >= 0.3 is 6.01 Å². The predicted molar refractivity (Wildman–Crippen MR) is 197 cm³/mol. The fourth-order valence-electron chi connectivity index (χ4n) is 7.01. The molecule has 0 radical (unpaired) electrons. The van der Waals surface area contributed by atoms with Gasteiger partial charge in [-0.25, -0.2) is 8.78 Å². The summed E-state index contributed by atoms with van der Waals surface area (Å²) in [6.45, 7) is 16.2. The van der Waals surface area contributed by atoms with Gasteiger partial charge in [0.1, 0.15) is 28.6 Å². The molecule has 1 saturated carbocycles. The smallest absolute Gasteiger partial charge is 0.319 e. The number of hydrogen-bond acceptors (Lipinski definition) is 9. The van der Waals surface area contributed by atoms with Crippen LogP contribution < -0.4 is 14.4 Å². The van der Waals surface area contributed by atoms with E-state index >= 15 is 8.78 Å². The first-order chi connectivity index (χ1) is 24.3. The molecule has 2 aromatic carbocycles. The Morgan fingerprint density at radius 3 is 2.47 bits per heavy atom. The van der Waals surface area contributed by atoms with Crippen molar-refractivity contribution in [2.75, 3.05) is 51.7 Å². The molecule has 51 heavy (non-hydrogen) atoms. The predicted octanol–water partition coefficient (Wildman–Crippen LogP) is 8.61. The third-order valence-corrected chi connectivity index (χ3v) is 16.0. The second-order valence-corrected chi connectivity index (χ2v) is 21.0. The summed E-state index contributed by atoms with van der Waals surface area (Å²) in [6, 6.07) is 6.72. The van der Waals surface area contributed by atoms with Crippen molar-refractivity contribution in [3.05, 3.63) is 47.7 Å². The topological polar surface area (TPSA) is 88.1 Å². The molecule has 0 N–H and O–H groups in total. The van der Waals surface area contributed by atoms with Crippen LogP contribution in [-0.2, 0) is 20.3 Å². The summed E-state index contributed by atoms with van der Waals surface area (Å²) < 4.78 is 62.4. The van der Waals surface area contributed by atoms with E-state index in [0.29, 0.717) is 65.0 Å². The third-order valence-electron chi connectivity index (χ3n) is 11.6. The summed E-state index contributed by atoms with van der Waals surface area (Å²) in [5, 5.41) is 1.88. The first kappa shape index (κ1) is 35.9. The van der Waals surface area contributed by atoms with Crippen LogP contribution in [0.5, 0.6) is 11.8 Å². The molecule has 3 fully saturated rings. The molecule has 274 valence electrons. The maximum absolute atomic E-state index is 17.2. The highest BCUT2D eigenvalue weighted by Crippen LogP contribution is 2.48. The molecule has 2 aromatic heterocycles. The van der Waals surface area contributed by atoms with Crippen LogP contribution in [0.15, 0.2) is 30.5 Å². The van der Waals surface area contributed by atoms with Gasteiger partial charge in [-0.1, -0.05) is 33.8 Å². The lowest BCUT2D eigenvalue weighted by Gasteiger charge is -2.48. The fourth-order valence-corrected chi connectivity index (χ4v) is 8.11. The van der Waals surface area contributed by atoms with E-state index in [1.54, 1.807) is 24.4 Å². The van der Waals surface area contributed by atoms with E-state index in [-0.39, 0.29) is 45.9 Å². The third kappa shape index (κ3) is 6.92. The Hall–Kier alpha value is -3.45. The lowest BCUT2D eigenvalue weighted by molar-refractivity contribution is -0.151. The largest absolute Gasteiger partial charge is 0.468 e. The van der Waals surface area contributed by atoms with E-state index in [9.17, 15) is 0 Å². The number of rotatable bonds is 12. The average Bonchev–Trinajstić information content (AvgIpc) is 3.88. The summed E-state index contributed by atoms with van der Waals surface area (Å²) in [4.78, 5) is 16.5. The number of fused-ring (bicyclic) bond motifs is 2. The highest BCUT2D eigenvalue weighted by Gasteiger charge is 2.48. The first-order valence-corrected chi connectivity index (χ1v) is 21.1. The minimum absolute atomic E-state index is 0.00114. The molecule has 1 spiro atoms. The van der Waals surface area contributed by atoms with Crippen molar-refractivity contribution >= 4 is 35.8 Å². The molecule has 9 nitrogen and oxygen atoms in total. The molecule has 0 amide bonds. The number of hydrogen-bond donors (Lipinski definition) is 0. The maximum Gasteiger partial charge on any atom is 0.319 e. The molecular formula is C39H50F2N4O5Si. The summed E-state index contributed by atoms with van der Waals surface area (Å²) in [5.74, 6) is 0.0382. The van der Waals surface area contributed by atoms with Crippen molar-refractivity contribution in [3.8, 4) is 23.0 Å². The number of pyridine rings is 1. The summed E-state index contributed by atoms with van der Waals surface area (Å²) in [6.07, 6.45) is 6.90. The van der Waals surface area contributed by atoms with Gasteiger partial charge in [0.05, 0.1) is 24.2 Å². The highest BCUT2D eigenvalue weighted by molar-refractivity contribution is 6.74. The van der Waals surface area contributed by atoms with Gasteiger partial charge in [-0.15, -0.1) is 0 Å². The number of ether oxygens (including phenoxy) is 4. The molecular weight excluding hydrogens is 671 g/mol. The number of aryl methyl sites for hydroxylation is 1. The van der Waals surface area contributed by atoms with E-state index in [4.69, 9.17) is 38.3 Å². The standard InChI is InChI=1S/C39H50F2N4O5Si/c1-8-27-30(40)11-10-25-18-26(48-24-46-5)19-28(31(25)27)33-32(41)34-29(20-42-33)35(45-16-9-12-39(21-45)15-17-49-39)44-36(43-34)47-22-38(13-14-38)23-50-51(6,7)37(2,3)4/h10-11,18-20H,8-9,12-17,21-24H2,1-7H3/t39-/m0/s1. The number of methoxy groups -OCH3 is 1. The van der Waals surface area contributed by atoms with Gasteiger partial charge in [0.25, 0.3) is 0 Å².